The molecule has 0 saturated carbocycles. The minimum atomic E-state index is -0.688. The molecule has 3 fully saturated rings. The summed E-state index contributed by atoms with van der Waals surface area (Å²) < 4.78 is 27.8. The van der Waals surface area contributed by atoms with E-state index in [4.69, 9.17) is 30.3 Å². The third kappa shape index (κ3) is 13.1. The Kier molecular flexibility index (Phi) is 18.7. The number of likely N-dealkylation sites (N-methyl/N-ethyl adjacent to an activating group) is 1. The monoisotopic (exact) mass is 1100 g/mol. The second-order valence-corrected chi connectivity index (χ2v) is 22.0. The number of aliphatic imine (C=N–C) groups is 1. The molecule has 79 heavy (non-hydrogen) atoms. The molecular weight excluding hydrogens is 1030 g/mol. The number of anilines is 2. The lowest BCUT2D eigenvalue weighted by molar-refractivity contribution is -0.138. The Morgan fingerprint density at radius 2 is 1.71 bits per heavy atom. The van der Waals surface area contributed by atoms with Crippen molar-refractivity contribution in [2.75, 3.05) is 96.2 Å². The number of halogens is 1. The standard InChI is InChI=1S/C56H71FN14O7S/c1-34-9-11-37(12-10-34)50(73)43-33-79-54(64-43)45-8-6-20-70(45)56(76)49(65-53(74)35(2)60-3)36-15-21-68(22-16-36)24-26-78-28-27-77-25-17-47(72)61-18-23-71-46(30-58)48-41-31-62-51(59)52(63-41)69-19-5-7-44(69)40-29-38(57)13-14-39(40)55(75)67(4)32-42(48)66-71/h9-14,29,31,35-36,43-45,49,60H,5-8,15-28,32-33H2,1-4H3,(H2,59,62)(H,61,72)(H,65,74)/t35-,43?,44-,45-,49-/m1/s1. The molecule has 4 amide bonds. The number of nitrogens with one attached hydrogen (secondary N) is 3. The Morgan fingerprint density at radius 3 is 2.47 bits per heavy atom. The van der Waals surface area contributed by atoms with Gasteiger partial charge in [0.2, 0.25) is 17.7 Å². The van der Waals surface area contributed by atoms with E-state index in [1.54, 1.807) is 32.8 Å². The third-order valence-corrected chi connectivity index (χ3v) is 16.9. The lowest BCUT2D eigenvalue weighted by Crippen LogP contribution is -2.58. The fraction of sp³-hybridized carbons (Fsp3) is 0.536. The van der Waals surface area contributed by atoms with Gasteiger partial charge in [-0.05, 0) is 102 Å². The van der Waals surface area contributed by atoms with Crippen LogP contribution in [0.15, 0.2) is 53.7 Å². The second-order valence-electron chi connectivity index (χ2n) is 20.9. The summed E-state index contributed by atoms with van der Waals surface area (Å²) in [5, 5.41) is 25.0. The number of aryl methyl sites for hydroxylation is 1. The number of aromatic nitrogens is 4. The molecule has 4 aromatic rings. The topological polar surface area (TPSA) is 259 Å². The molecule has 23 heteroatoms. The summed E-state index contributed by atoms with van der Waals surface area (Å²) in [7, 11) is 3.35. The van der Waals surface area contributed by atoms with Gasteiger partial charge in [-0.2, -0.15) is 10.4 Å². The smallest absolute Gasteiger partial charge is 0.254 e. The van der Waals surface area contributed by atoms with Crippen molar-refractivity contribution in [1.29, 1.82) is 5.26 Å². The number of nitrogens with zero attached hydrogens (tertiary/aromatic N) is 10. The van der Waals surface area contributed by atoms with Crippen LogP contribution in [0.4, 0.5) is 16.0 Å². The maximum atomic E-state index is 14.7. The van der Waals surface area contributed by atoms with Crippen molar-refractivity contribution in [3.8, 4) is 17.3 Å². The van der Waals surface area contributed by atoms with Gasteiger partial charge in [-0.25, -0.2) is 14.4 Å². The number of Topliss-reactive ketones (excluding diaryl/α,β-unsaturated/α-hetero) is 1. The molecule has 0 aliphatic carbocycles. The lowest BCUT2D eigenvalue weighted by atomic mass is 9.88. The van der Waals surface area contributed by atoms with Crippen LogP contribution in [0.1, 0.15) is 101 Å². The summed E-state index contributed by atoms with van der Waals surface area (Å²) in [6.07, 6.45) is 6.03. The number of fused-ring (bicyclic) bond motifs is 8. The van der Waals surface area contributed by atoms with E-state index >= 15 is 0 Å². The van der Waals surface area contributed by atoms with Crippen molar-refractivity contribution in [1.82, 2.24) is 50.4 Å². The van der Waals surface area contributed by atoms with Gasteiger partial charge in [0.15, 0.2) is 17.4 Å². The number of nitrogen functional groups attached to an aromatic ring is 1. The highest BCUT2D eigenvalue weighted by atomic mass is 32.2. The van der Waals surface area contributed by atoms with Crippen molar-refractivity contribution >= 4 is 57.9 Å². The summed E-state index contributed by atoms with van der Waals surface area (Å²) in [4.78, 5) is 89.9. The first-order chi connectivity index (χ1) is 38.2. The van der Waals surface area contributed by atoms with Gasteiger partial charge >= 0.3 is 0 Å². The van der Waals surface area contributed by atoms with E-state index in [9.17, 15) is 33.6 Å². The highest BCUT2D eigenvalue weighted by molar-refractivity contribution is 8.14. The highest BCUT2D eigenvalue weighted by Gasteiger charge is 2.43. The number of ether oxygens (including phenoxy) is 2. The van der Waals surface area contributed by atoms with Crippen LogP contribution >= 0.6 is 11.8 Å². The Balaban J connectivity index is 0.711. The average molecular weight is 1100 g/mol. The molecule has 2 bridgehead atoms. The van der Waals surface area contributed by atoms with E-state index < -0.39 is 23.9 Å². The van der Waals surface area contributed by atoms with Crippen LogP contribution in [-0.4, -0.2) is 179 Å². The first kappa shape index (κ1) is 56.9. The minimum Gasteiger partial charge on any atom is -0.381 e. The molecule has 0 spiro atoms. The maximum Gasteiger partial charge on any atom is 0.254 e. The summed E-state index contributed by atoms with van der Waals surface area (Å²) >= 11 is 1.56. The van der Waals surface area contributed by atoms with Crippen LogP contribution in [0.3, 0.4) is 0 Å². The number of hydrogen-bond donors (Lipinski definition) is 4. The van der Waals surface area contributed by atoms with E-state index in [-0.39, 0.29) is 91.6 Å². The van der Waals surface area contributed by atoms with Gasteiger partial charge in [0.05, 0.1) is 85.8 Å². The predicted molar refractivity (Wildman–Crippen MR) is 297 cm³/mol. The van der Waals surface area contributed by atoms with Gasteiger partial charge in [0, 0.05) is 56.5 Å². The molecule has 420 valence electrons. The number of benzene rings is 2. The number of ketones is 1. The molecule has 2 aromatic heterocycles. The molecule has 5 aliphatic rings. The lowest BCUT2D eigenvalue weighted by Gasteiger charge is -2.38. The Morgan fingerprint density at radius 1 is 0.962 bits per heavy atom. The van der Waals surface area contributed by atoms with Crippen molar-refractivity contribution < 1.29 is 37.8 Å². The van der Waals surface area contributed by atoms with Gasteiger partial charge in [-0.15, -0.1) is 11.8 Å². The number of hydrogen-bond acceptors (Lipinski definition) is 17. The zero-order valence-corrected chi connectivity index (χ0v) is 46.2. The van der Waals surface area contributed by atoms with Crippen LogP contribution in [0.5, 0.6) is 0 Å². The number of nitriles is 1. The number of likely N-dealkylation sites (tertiary alicyclic amines) is 2. The molecule has 1 unspecified atom stereocenters. The van der Waals surface area contributed by atoms with E-state index in [0.717, 1.165) is 55.8 Å². The third-order valence-electron chi connectivity index (χ3n) is 15.7. The molecule has 5 aliphatic heterocycles. The van der Waals surface area contributed by atoms with Crippen molar-refractivity contribution in [3.05, 3.63) is 88.1 Å². The first-order valence-corrected chi connectivity index (χ1v) is 28.4. The van der Waals surface area contributed by atoms with E-state index in [0.29, 0.717) is 91.1 Å². The molecule has 0 radical (unpaired) electrons. The maximum absolute atomic E-state index is 14.7. The SMILES string of the molecule is CN[C@H](C)C(=O)N[C@@H](C(=O)N1CCC[C@@H]1C1=NC(C(=O)c2ccc(C)cc2)CS1)C1CCN(CCOCCOCCC(=O)NCCn2nc3c(c2C#N)-c2cnc(N)c(n2)N2CCC[C@@H]2c2cc(F)ccc2C(=O)N(C)C3)CC1. The van der Waals surface area contributed by atoms with Crippen LogP contribution in [0.25, 0.3) is 11.3 Å². The summed E-state index contributed by atoms with van der Waals surface area (Å²) in [5.41, 5.74) is 10.4. The van der Waals surface area contributed by atoms with Crippen molar-refractivity contribution in [2.45, 2.75) is 102 Å². The number of thioether (sulfide) groups is 1. The molecular formula is C56H71FN14O7S. The Bertz CT molecular complexity index is 2960. The van der Waals surface area contributed by atoms with Gasteiger partial charge in [0.1, 0.15) is 29.7 Å². The Hall–Kier alpha value is -6.84. The van der Waals surface area contributed by atoms with E-state index in [1.807, 2.05) is 41.0 Å². The summed E-state index contributed by atoms with van der Waals surface area (Å²) in [6, 6.07) is 11.7. The minimum absolute atomic E-state index is 0.0118. The number of amides is 4. The summed E-state index contributed by atoms with van der Waals surface area (Å²) in [5.74, 6) is -0.328. The largest absolute Gasteiger partial charge is 0.381 e. The quantitative estimate of drug-likeness (QED) is 0.0723. The molecule has 3 saturated heterocycles. The highest BCUT2D eigenvalue weighted by Crippen LogP contribution is 2.41. The number of carbonyl (C=O) groups is 5. The average Bonchev–Trinajstić information content (AvgIpc) is 4.36. The summed E-state index contributed by atoms with van der Waals surface area (Å²) in [6.45, 7) is 8.68. The van der Waals surface area contributed by atoms with Gasteiger partial charge in [-0.3, -0.25) is 33.6 Å². The van der Waals surface area contributed by atoms with Gasteiger partial charge in [-0.1, -0.05) is 29.8 Å². The number of carbonyl (C=O) groups excluding carboxylic acids is 5. The fourth-order valence-electron chi connectivity index (χ4n) is 11.2. The van der Waals surface area contributed by atoms with E-state index in [2.05, 4.69) is 31.9 Å². The second kappa shape index (κ2) is 26.0. The zero-order valence-electron chi connectivity index (χ0n) is 45.4. The number of piperidine rings is 1. The molecule has 2 aromatic carbocycles. The molecule has 5 atom stereocenters. The molecule has 7 heterocycles. The first-order valence-electron chi connectivity index (χ1n) is 27.4. The van der Waals surface area contributed by atoms with Crippen molar-refractivity contribution in [2.24, 2.45) is 10.9 Å². The molecule has 9 rings (SSSR count). The molecule has 21 nitrogen and oxygen atoms in total. The zero-order chi connectivity index (χ0) is 55.7. The van der Waals surface area contributed by atoms with Gasteiger partial charge < -0.3 is 50.8 Å². The van der Waals surface area contributed by atoms with E-state index in [1.165, 1.54) is 34.0 Å². The van der Waals surface area contributed by atoms with Crippen LogP contribution in [-0.2, 0) is 36.9 Å². The fourth-order valence-corrected chi connectivity index (χ4v) is 12.4. The van der Waals surface area contributed by atoms with Crippen LogP contribution < -0.4 is 26.6 Å². The van der Waals surface area contributed by atoms with Crippen LogP contribution in [0.2, 0.25) is 0 Å². The predicted octanol–water partition coefficient (Wildman–Crippen LogP) is 3.90. The van der Waals surface area contributed by atoms with Crippen molar-refractivity contribution in [3.63, 3.8) is 0 Å². The van der Waals surface area contributed by atoms with Crippen LogP contribution in [0, 0.1) is 30.0 Å². The number of nitrogens with two attached hydrogens (primary N) is 1. The number of rotatable bonds is 20. The normalized spacial score (nSPS) is 20.3. The van der Waals surface area contributed by atoms with Gasteiger partial charge in [0.25, 0.3) is 5.91 Å². The molecule has 5 N–H and O–H groups in total. The Labute approximate surface area is 464 Å².